The second-order valence-electron chi connectivity index (χ2n) is 6.65. The van der Waals surface area contributed by atoms with Gasteiger partial charge in [-0.1, -0.05) is 6.07 Å². The summed E-state index contributed by atoms with van der Waals surface area (Å²) in [5.41, 5.74) is 0.645. The molecule has 1 unspecified atom stereocenters. The van der Waals surface area contributed by atoms with Crippen molar-refractivity contribution >= 4 is 11.9 Å². The Morgan fingerprint density at radius 2 is 1.96 bits per heavy atom. The van der Waals surface area contributed by atoms with Gasteiger partial charge in [0.1, 0.15) is 11.3 Å². The molecule has 3 amide bonds. The van der Waals surface area contributed by atoms with Crippen LogP contribution in [0.2, 0.25) is 0 Å². The Labute approximate surface area is 147 Å². The van der Waals surface area contributed by atoms with Crippen LogP contribution in [0.1, 0.15) is 18.1 Å². The van der Waals surface area contributed by atoms with E-state index in [1.165, 1.54) is 4.90 Å². The predicted molar refractivity (Wildman–Crippen MR) is 92.6 cm³/mol. The van der Waals surface area contributed by atoms with Gasteiger partial charge < -0.3 is 14.8 Å². The van der Waals surface area contributed by atoms with Crippen LogP contribution in [0.25, 0.3) is 0 Å². The van der Waals surface area contributed by atoms with E-state index < -0.39 is 5.54 Å². The molecule has 2 aliphatic rings. The molecule has 2 fully saturated rings. The van der Waals surface area contributed by atoms with Crippen molar-refractivity contribution in [1.29, 1.82) is 0 Å². The smallest absolute Gasteiger partial charge is 0.325 e. The zero-order valence-electron chi connectivity index (χ0n) is 15.0. The molecular formula is C18H25N3O4. The van der Waals surface area contributed by atoms with Crippen LogP contribution in [0.15, 0.2) is 18.2 Å². The maximum Gasteiger partial charge on any atom is 0.325 e. The van der Waals surface area contributed by atoms with Crippen LogP contribution in [0, 0.1) is 6.92 Å². The van der Waals surface area contributed by atoms with E-state index in [1.54, 1.807) is 14.0 Å². The van der Waals surface area contributed by atoms with Crippen molar-refractivity contribution in [3.05, 3.63) is 29.3 Å². The van der Waals surface area contributed by atoms with Crippen molar-refractivity contribution in [1.82, 2.24) is 15.1 Å². The fourth-order valence-electron chi connectivity index (χ4n) is 3.35. The average Bonchev–Trinajstić information content (AvgIpc) is 2.84. The molecule has 2 saturated heterocycles. The summed E-state index contributed by atoms with van der Waals surface area (Å²) in [7, 11) is 1.61. The number of aryl methyl sites for hydroxylation is 1. The van der Waals surface area contributed by atoms with Gasteiger partial charge in [-0.3, -0.25) is 14.6 Å². The number of nitrogens with one attached hydrogen (secondary N) is 1. The average molecular weight is 347 g/mol. The number of morpholine rings is 1. The summed E-state index contributed by atoms with van der Waals surface area (Å²) in [6, 6.07) is 5.21. The topological polar surface area (TPSA) is 71.1 Å². The third-order valence-electron chi connectivity index (χ3n) is 4.99. The highest BCUT2D eigenvalue weighted by molar-refractivity contribution is 6.07. The molecule has 1 aromatic carbocycles. The maximum absolute atomic E-state index is 12.9. The summed E-state index contributed by atoms with van der Waals surface area (Å²) in [5, 5.41) is 2.85. The zero-order valence-corrected chi connectivity index (χ0v) is 15.0. The molecule has 1 N–H and O–H groups in total. The normalized spacial score (nSPS) is 24.5. The standard InChI is InChI=1S/C18H25N3O4/c1-13-12-14(4-5-15(13)24-3)18(2)16(22)21(17(23)19-18)7-6-20-8-10-25-11-9-20/h4-5,12H,6-11H2,1-3H3,(H,19,23). The van der Waals surface area contributed by atoms with Gasteiger partial charge in [-0.15, -0.1) is 0 Å². The molecule has 7 heteroatoms. The van der Waals surface area contributed by atoms with Crippen LogP contribution in [-0.2, 0) is 15.1 Å². The predicted octanol–water partition coefficient (Wildman–Crippen LogP) is 1.10. The van der Waals surface area contributed by atoms with Crippen molar-refractivity contribution in [2.75, 3.05) is 46.5 Å². The number of carbonyl (C=O) groups is 2. The summed E-state index contributed by atoms with van der Waals surface area (Å²) in [4.78, 5) is 28.8. The van der Waals surface area contributed by atoms with Crippen LogP contribution in [0.5, 0.6) is 5.75 Å². The fourth-order valence-corrected chi connectivity index (χ4v) is 3.35. The van der Waals surface area contributed by atoms with Gasteiger partial charge >= 0.3 is 6.03 Å². The van der Waals surface area contributed by atoms with E-state index in [0.29, 0.717) is 26.3 Å². The first-order valence-electron chi connectivity index (χ1n) is 8.55. The molecule has 1 aromatic rings. The van der Waals surface area contributed by atoms with E-state index in [-0.39, 0.29) is 11.9 Å². The van der Waals surface area contributed by atoms with E-state index >= 15 is 0 Å². The molecule has 1 atom stereocenters. The van der Waals surface area contributed by atoms with E-state index in [4.69, 9.17) is 9.47 Å². The van der Waals surface area contributed by atoms with Gasteiger partial charge in [0.25, 0.3) is 5.91 Å². The monoisotopic (exact) mass is 347 g/mol. The SMILES string of the molecule is COc1ccc(C2(C)NC(=O)N(CCN3CCOCC3)C2=O)cc1C. The number of hydrogen-bond donors (Lipinski definition) is 1. The Morgan fingerprint density at radius 3 is 2.60 bits per heavy atom. The molecule has 0 bridgehead atoms. The highest BCUT2D eigenvalue weighted by Gasteiger charge is 2.48. The van der Waals surface area contributed by atoms with E-state index in [1.807, 2.05) is 25.1 Å². The van der Waals surface area contributed by atoms with Gasteiger partial charge in [-0.2, -0.15) is 0 Å². The van der Waals surface area contributed by atoms with Gasteiger partial charge in [0.2, 0.25) is 0 Å². The molecule has 0 aliphatic carbocycles. The van der Waals surface area contributed by atoms with Crippen LogP contribution < -0.4 is 10.1 Å². The lowest BCUT2D eigenvalue weighted by Crippen LogP contribution is -2.44. The minimum atomic E-state index is -1.04. The number of imide groups is 1. The number of carbonyl (C=O) groups excluding carboxylic acids is 2. The Bertz CT molecular complexity index is 672. The Balaban J connectivity index is 1.73. The number of hydrogen-bond acceptors (Lipinski definition) is 5. The summed E-state index contributed by atoms with van der Waals surface area (Å²) >= 11 is 0. The van der Waals surface area contributed by atoms with Crippen LogP contribution in [0.3, 0.4) is 0 Å². The molecular weight excluding hydrogens is 322 g/mol. The number of benzene rings is 1. The van der Waals surface area contributed by atoms with Crippen molar-refractivity contribution in [2.45, 2.75) is 19.4 Å². The van der Waals surface area contributed by atoms with Gasteiger partial charge in [-0.05, 0) is 37.1 Å². The lowest BCUT2D eigenvalue weighted by Gasteiger charge is -2.28. The first kappa shape index (κ1) is 17.7. The first-order chi connectivity index (χ1) is 12.0. The molecule has 7 nitrogen and oxygen atoms in total. The Hall–Kier alpha value is -2.12. The van der Waals surface area contributed by atoms with E-state index in [0.717, 1.165) is 30.0 Å². The largest absolute Gasteiger partial charge is 0.496 e. The number of methoxy groups -OCH3 is 1. The molecule has 2 heterocycles. The molecule has 0 saturated carbocycles. The van der Waals surface area contributed by atoms with Gasteiger partial charge in [0, 0.05) is 26.2 Å². The quantitative estimate of drug-likeness (QED) is 0.808. The summed E-state index contributed by atoms with van der Waals surface area (Å²) in [6.45, 7) is 7.78. The van der Waals surface area contributed by atoms with Crippen molar-refractivity contribution in [2.24, 2.45) is 0 Å². The first-order valence-corrected chi connectivity index (χ1v) is 8.55. The van der Waals surface area contributed by atoms with Crippen molar-refractivity contribution in [3.8, 4) is 5.75 Å². The minimum Gasteiger partial charge on any atom is -0.496 e. The molecule has 0 spiro atoms. The maximum atomic E-state index is 12.9. The number of urea groups is 1. The summed E-state index contributed by atoms with van der Waals surface area (Å²) in [5.74, 6) is 0.545. The highest BCUT2D eigenvalue weighted by atomic mass is 16.5. The van der Waals surface area contributed by atoms with Crippen LogP contribution in [-0.4, -0.2) is 68.2 Å². The Morgan fingerprint density at radius 1 is 1.24 bits per heavy atom. The molecule has 0 aromatic heterocycles. The molecule has 2 aliphatic heterocycles. The lowest BCUT2D eigenvalue weighted by molar-refractivity contribution is -0.131. The Kier molecular flexibility index (Phi) is 4.96. The summed E-state index contributed by atoms with van der Waals surface area (Å²) < 4.78 is 10.6. The number of nitrogens with zero attached hydrogens (tertiary/aromatic N) is 2. The van der Waals surface area contributed by atoms with Gasteiger partial charge in [0.15, 0.2) is 0 Å². The van der Waals surface area contributed by atoms with E-state index in [9.17, 15) is 9.59 Å². The number of amides is 3. The van der Waals surface area contributed by atoms with Crippen molar-refractivity contribution in [3.63, 3.8) is 0 Å². The van der Waals surface area contributed by atoms with E-state index in [2.05, 4.69) is 10.2 Å². The van der Waals surface area contributed by atoms with Gasteiger partial charge in [0.05, 0.1) is 20.3 Å². The van der Waals surface area contributed by atoms with Gasteiger partial charge in [-0.25, -0.2) is 4.79 Å². The number of rotatable bonds is 5. The second-order valence-corrected chi connectivity index (χ2v) is 6.65. The zero-order chi connectivity index (χ0) is 18.0. The van der Waals surface area contributed by atoms with Crippen molar-refractivity contribution < 1.29 is 19.1 Å². The highest BCUT2D eigenvalue weighted by Crippen LogP contribution is 2.31. The van der Waals surface area contributed by atoms with Crippen LogP contribution in [0.4, 0.5) is 4.79 Å². The molecule has 136 valence electrons. The third-order valence-corrected chi connectivity index (χ3v) is 4.99. The second kappa shape index (κ2) is 7.01. The van der Waals surface area contributed by atoms with Crippen LogP contribution >= 0.6 is 0 Å². The number of ether oxygens (including phenoxy) is 2. The molecule has 3 rings (SSSR count). The molecule has 0 radical (unpaired) electrons. The third kappa shape index (κ3) is 3.34. The minimum absolute atomic E-state index is 0.213. The fraction of sp³-hybridized carbons (Fsp3) is 0.556. The summed E-state index contributed by atoms with van der Waals surface area (Å²) in [6.07, 6.45) is 0. The molecule has 25 heavy (non-hydrogen) atoms. The lowest BCUT2D eigenvalue weighted by atomic mass is 9.90.